The van der Waals surface area contributed by atoms with Crippen LogP contribution in [-0.2, 0) is 0 Å². The third-order valence-electron chi connectivity index (χ3n) is 2.42. The Labute approximate surface area is 105 Å². The van der Waals surface area contributed by atoms with Crippen molar-refractivity contribution in [2.75, 3.05) is 0 Å². The highest BCUT2D eigenvalue weighted by molar-refractivity contribution is 9.10. The third kappa shape index (κ3) is 1.93. The van der Waals surface area contributed by atoms with Crippen LogP contribution in [0.4, 0.5) is 4.39 Å². The topological polar surface area (TPSA) is 30.2 Å². The molecule has 0 unspecified atom stereocenters. The summed E-state index contributed by atoms with van der Waals surface area (Å²) in [6.45, 7) is 0. The smallest absolute Gasteiger partial charge is 0.234 e. The molecule has 0 N–H and O–H groups in total. The van der Waals surface area contributed by atoms with E-state index in [1.807, 2.05) is 16.8 Å². The molecule has 0 atom stereocenters. The molecule has 84 valence electrons. The van der Waals surface area contributed by atoms with Crippen LogP contribution in [0.5, 0.6) is 0 Å². The van der Waals surface area contributed by atoms with Crippen LogP contribution in [0.25, 0.3) is 17.0 Å². The van der Waals surface area contributed by atoms with Crippen molar-refractivity contribution in [3.8, 4) is 11.3 Å². The average molecular weight is 292 g/mol. The summed E-state index contributed by atoms with van der Waals surface area (Å²) in [5.41, 5.74) is 1.64. The van der Waals surface area contributed by atoms with E-state index >= 15 is 0 Å². The largest absolute Gasteiger partial charge is 0.289 e. The number of rotatable bonds is 1. The van der Waals surface area contributed by atoms with Crippen LogP contribution in [0.2, 0.25) is 0 Å². The van der Waals surface area contributed by atoms with Crippen molar-refractivity contribution in [1.29, 1.82) is 0 Å². The number of benzene rings is 1. The quantitative estimate of drug-likeness (QED) is 0.689. The van der Waals surface area contributed by atoms with E-state index < -0.39 is 0 Å². The molecule has 0 aliphatic rings. The van der Waals surface area contributed by atoms with E-state index in [9.17, 15) is 4.39 Å². The first-order valence-corrected chi connectivity index (χ1v) is 5.78. The van der Waals surface area contributed by atoms with E-state index in [1.165, 1.54) is 12.1 Å². The molecule has 0 amide bonds. The summed E-state index contributed by atoms with van der Waals surface area (Å²) in [5.74, 6) is 0.367. The fourth-order valence-electron chi connectivity index (χ4n) is 1.62. The van der Waals surface area contributed by atoms with Gasteiger partial charge in [-0.15, -0.1) is 0 Å². The summed E-state index contributed by atoms with van der Waals surface area (Å²) in [4.78, 5) is 8.54. The first kappa shape index (κ1) is 10.4. The van der Waals surface area contributed by atoms with Gasteiger partial charge in [0.15, 0.2) is 0 Å². The molecule has 0 aliphatic carbocycles. The number of hydrogen-bond acceptors (Lipinski definition) is 2. The lowest BCUT2D eigenvalue weighted by molar-refractivity contribution is 0.628. The van der Waals surface area contributed by atoms with Gasteiger partial charge in [0, 0.05) is 24.2 Å². The molecule has 3 aromatic rings. The number of halogens is 2. The number of aromatic nitrogens is 3. The highest BCUT2D eigenvalue weighted by Crippen LogP contribution is 2.19. The summed E-state index contributed by atoms with van der Waals surface area (Å²) in [5, 5.41) is 0. The van der Waals surface area contributed by atoms with Gasteiger partial charge in [0.05, 0.1) is 10.2 Å². The SMILES string of the molecule is Fc1ccc(-c2cn3cc(Br)cnc3n2)cc1. The summed E-state index contributed by atoms with van der Waals surface area (Å²) < 4.78 is 15.5. The van der Waals surface area contributed by atoms with Crippen molar-refractivity contribution in [3.05, 3.63) is 53.1 Å². The molecule has 0 aliphatic heterocycles. The molecular weight excluding hydrogens is 285 g/mol. The van der Waals surface area contributed by atoms with Crippen LogP contribution in [0.1, 0.15) is 0 Å². The molecule has 0 saturated carbocycles. The minimum Gasteiger partial charge on any atom is -0.289 e. The van der Waals surface area contributed by atoms with Gasteiger partial charge in [-0.2, -0.15) is 0 Å². The van der Waals surface area contributed by atoms with E-state index in [1.54, 1.807) is 18.3 Å². The summed E-state index contributed by atoms with van der Waals surface area (Å²) in [6, 6.07) is 6.24. The summed E-state index contributed by atoms with van der Waals surface area (Å²) in [7, 11) is 0. The molecule has 0 bridgehead atoms. The predicted molar refractivity (Wildman–Crippen MR) is 66.1 cm³/mol. The van der Waals surface area contributed by atoms with Crippen molar-refractivity contribution in [2.24, 2.45) is 0 Å². The van der Waals surface area contributed by atoms with E-state index in [0.717, 1.165) is 15.7 Å². The van der Waals surface area contributed by atoms with Crippen LogP contribution < -0.4 is 0 Å². The van der Waals surface area contributed by atoms with Crippen molar-refractivity contribution in [2.45, 2.75) is 0 Å². The van der Waals surface area contributed by atoms with Gasteiger partial charge < -0.3 is 0 Å². The normalized spacial score (nSPS) is 10.9. The fourth-order valence-corrected chi connectivity index (χ4v) is 1.94. The Hall–Kier alpha value is -1.75. The first-order chi connectivity index (χ1) is 8.22. The Morgan fingerprint density at radius 1 is 1.12 bits per heavy atom. The molecule has 2 aromatic heterocycles. The predicted octanol–water partition coefficient (Wildman–Crippen LogP) is 3.30. The molecule has 17 heavy (non-hydrogen) atoms. The lowest BCUT2D eigenvalue weighted by Crippen LogP contribution is -1.85. The van der Waals surface area contributed by atoms with Crippen molar-refractivity contribution in [1.82, 2.24) is 14.4 Å². The number of fused-ring (bicyclic) bond motifs is 1. The molecule has 3 nitrogen and oxygen atoms in total. The average Bonchev–Trinajstić information content (AvgIpc) is 2.72. The molecule has 0 radical (unpaired) electrons. The van der Waals surface area contributed by atoms with Crippen LogP contribution >= 0.6 is 15.9 Å². The molecule has 0 fully saturated rings. The van der Waals surface area contributed by atoms with Crippen LogP contribution in [0, 0.1) is 5.82 Å². The van der Waals surface area contributed by atoms with Crippen LogP contribution in [0.15, 0.2) is 47.3 Å². The minimum absolute atomic E-state index is 0.251. The maximum atomic E-state index is 12.8. The van der Waals surface area contributed by atoms with Gasteiger partial charge in [0.1, 0.15) is 5.82 Å². The van der Waals surface area contributed by atoms with Gasteiger partial charge in [-0.25, -0.2) is 14.4 Å². The van der Waals surface area contributed by atoms with E-state index in [2.05, 4.69) is 25.9 Å². The summed E-state index contributed by atoms with van der Waals surface area (Å²) >= 11 is 3.35. The third-order valence-corrected chi connectivity index (χ3v) is 2.83. The number of hydrogen-bond donors (Lipinski definition) is 0. The lowest BCUT2D eigenvalue weighted by Gasteiger charge is -1.94. The molecule has 3 rings (SSSR count). The highest BCUT2D eigenvalue weighted by Gasteiger charge is 2.05. The zero-order valence-electron chi connectivity index (χ0n) is 8.64. The zero-order chi connectivity index (χ0) is 11.8. The van der Waals surface area contributed by atoms with Crippen LogP contribution in [-0.4, -0.2) is 14.4 Å². The van der Waals surface area contributed by atoms with Gasteiger partial charge in [-0.05, 0) is 40.2 Å². The molecule has 0 saturated heterocycles. The Morgan fingerprint density at radius 2 is 1.88 bits per heavy atom. The van der Waals surface area contributed by atoms with Crippen molar-refractivity contribution < 1.29 is 4.39 Å². The number of imidazole rings is 1. The Balaban J connectivity index is 2.14. The summed E-state index contributed by atoms with van der Waals surface area (Å²) in [6.07, 6.45) is 5.43. The Morgan fingerprint density at radius 3 is 2.65 bits per heavy atom. The maximum absolute atomic E-state index is 12.8. The maximum Gasteiger partial charge on any atom is 0.234 e. The monoisotopic (exact) mass is 291 g/mol. The van der Waals surface area contributed by atoms with E-state index in [4.69, 9.17) is 0 Å². The lowest BCUT2D eigenvalue weighted by atomic mass is 10.2. The minimum atomic E-state index is -0.251. The molecule has 0 spiro atoms. The van der Waals surface area contributed by atoms with Crippen molar-refractivity contribution >= 4 is 21.7 Å². The fraction of sp³-hybridized carbons (Fsp3) is 0. The van der Waals surface area contributed by atoms with Gasteiger partial charge >= 0.3 is 0 Å². The molecule has 2 heterocycles. The molecule has 5 heteroatoms. The van der Waals surface area contributed by atoms with Gasteiger partial charge in [-0.3, -0.25) is 4.40 Å². The van der Waals surface area contributed by atoms with Crippen molar-refractivity contribution in [3.63, 3.8) is 0 Å². The number of nitrogens with zero attached hydrogens (tertiary/aromatic N) is 3. The van der Waals surface area contributed by atoms with Crippen LogP contribution in [0.3, 0.4) is 0 Å². The Bertz CT molecular complexity index is 676. The first-order valence-electron chi connectivity index (χ1n) is 4.98. The second-order valence-corrected chi connectivity index (χ2v) is 4.53. The molecule has 1 aromatic carbocycles. The standard InChI is InChI=1S/C12H7BrFN3/c13-9-5-15-12-16-11(7-17(12)6-9)8-1-3-10(14)4-2-8/h1-7H. The zero-order valence-corrected chi connectivity index (χ0v) is 10.2. The van der Waals surface area contributed by atoms with E-state index in [-0.39, 0.29) is 5.82 Å². The van der Waals surface area contributed by atoms with E-state index in [0.29, 0.717) is 5.78 Å². The van der Waals surface area contributed by atoms with Gasteiger partial charge in [-0.1, -0.05) is 0 Å². The molecular formula is C12H7BrFN3. The Kier molecular flexibility index (Phi) is 2.40. The second kappa shape index (κ2) is 3.92. The second-order valence-electron chi connectivity index (χ2n) is 3.61. The van der Waals surface area contributed by atoms with Gasteiger partial charge in [0.2, 0.25) is 5.78 Å². The highest BCUT2D eigenvalue weighted by atomic mass is 79.9. The van der Waals surface area contributed by atoms with Gasteiger partial charge in [0.25, 0.3) is 0 Å².